The average molecular weight is 267 g/mol. The van der Waals surface area contributed by atoms with Gasteiger partial charge in [0.15, 0.2) is 0 Å². The summed E-state index contributed by atoms with van der Waals surface area (Å²) in [6, 6.07) is 5.95. The molecular weight excluding hydrogens is 242 g/mol. The van der Waals surface area contributed by atoms with Crippen molar-refractivity contribution in [2.45, 2.75) is 26.3 Å². The number of methoxy groups -OCH3 is 2. The highest BCUT2D eigenvalue weighted by Gasteiger charge is 2.16. The number of rotatable bonds is 9. The van der Waals surface area contributed by atoms with Gasteiger partial charge in [0.05, 0.1) is 26.9 Å². The monoisotopic (exact) mass is 267 g/mol. The minimum Gasteiger partial charge on any atom is -0.497 e. The first kappa shape index (κ1) is 15.8. The molecular formula is C15H25NO3. The summed E-state index contributed by atoms with van der Waals surface area (Å²) in [4.78, 5) is 0. The number of hydrogen-bond donors (Lipinski definition) is 1. The van der Waals surface area contributed by atoms with E-state index in [1.54, 1.807) is 14.2 Å². The maximum absolute atomic E-state index is 5.56. The van der Waals surface area contributed by atoms with Gasteiger partial charge in [0, 0.05) is 12.2 Å². The van der Waals surface area contributed by atoms with Gasteiger partial charge >= 0.3 is 0 Å². The number of ether oxygens (including phenoxy) is 3. The van der Waals surface area contributed by atoms with Crippen LogP contribution < -0.4 is 14.8 Å². The van der Waals surface area contributed by atoms with Crippen LogP contribution in [0.15, 0.2) is 18.2 Å². The van der Waals surface area contributed by atoms with E-state index in [0.29, 0.717) is 13.2 Å². The average Bonchev–Trinajstić information content (AvgIpc) is 2.47. The lowest BCUT2D eigenvalue weighted by Gasteiger charge is -2.21. The Morgan fingerprint density at radius 3 is 2.53 bits per heavy atom. The van der Waals surface area contributed by atoms with Gasteiger partial charge in [-0.05, 0) is 38.1 Å². The molecule has 0 aliphatic rings. The minimum absolute atomic E-state index is 0.116. The lowest BCUT2D eigenvalue weighted by Crippen LogP contribution is -2.26. The lowest BCUT2D eigenvalue weighted by atomic mass is 10.1. The van der Waals surface area contributed by atoms with Crippen molar-refractivity contribution in [2.75, 3.05) is 34.0 Å². The molecule has 0 saturated carbocycles. The zero-order chi connectivity index (χ0) is 14.1. The van der Waals surface area contributed by atoms with Gasteiger partial charge in [0.2, 0.25) is 0 Å². The van der Waals surface area contributed by atoms with Crippen molar-refractivity contribution in [3.63, 3.8) is 0 Å². The third-order valence-corrected chi connectivity index (χ3v) is 2.94. The van der Waals surface area contributed by atoms with Crippen LogP contribution in [0.5, 0.6) is 11.5 Å². The molecule has 0 aliphatic heterocycles. The Balaban J connectivity index is 2.96. The molecule has 0 amide bonds. The summed E-state index contributed by atoms with van der Waals surface area (Å²) in [6.45, 7) is 6.42. The zero-order valence-electron chi connectivity index (χ0n) is 12.4. The summed E-state index contributed by atoms with van der Waals surface area (Å²) in [5, 5.41) is 3.49. The maximum atomic E-state index is 5.56. The fourth-order valence-corrected chi connectivity index (χ4v) is 1.92. The van der Waals surface area contributed by atoms with Crippen molar-refractivity contribution in [3.8, 4) is 11.5 Å². The van der Waals surface area contributed by atoms with E-state index in [9.17, 15) is 0 Å². The fourth-order valence-electron chi connectivity index (χ4n) is 1.92. The number of hydrogen-bond acceptors (Lipinski definition) is 4. The molecule has 0 aliphatic carbocycles. The SMILES string of the molecule is CCCNC(COCC)c1cc(OC)ccc1OC. The second kappa shape index (κ2) is 8.77. The molecule has 0 fully saturated rings. The van der Waals surface area contributed by atoms with Crippen LogP contribution in [0.25, 0.3) is 0 Å². The van der Waals surface area contributed by atoms with Crippen molar-refractivity contribution in [2.24, 2.45) is 0 Å². The molecule has 0 spiro atoms. The molecule has 4 nitrogen and oxygen atoms in total. The van der Waals surface area contributed by atoms with Crippen LogP contribution in [0.4, 0.5) is 0 Å². The molecule has 1 N–H and O–H groups in total. The summed E-state index contributed by atoms with van der Waals surface area (Å²) in [5.74, 6) is 1.68. The van der Waals surface area contributed by atoms with Gasteiger partial charge in [0.25, 0.3) is 0 Å². The molecule has 0 heterocycles. The molecule has 1 aromatic rings. The molecule has 0 saturated heterocycles. The summed E-state index contributed by atoms with van der Waals surface area (Å²) < 4.78 is 16.3. The Hall–Kier alpha value is -1.26. The van der Waals surface area contributed by atoms with E-state index in [2.05, 4.69) is 12.2 Å². The third-order valence-electron chi connectivity index (χ3n) is 2.94. The van der Waals surface area contributed by atoms with Crippen molar-refractivity contribution in [1.82, 2.24) is 5.32 Å². The van der Waals surface area contributed by atoms with E-state index in [-0.39, 0.29) is 6.04 Å². The van der Waals surface area contributed by atoms with Crippen LogP contribution in [0, 0.1) is 0 Å². The third kappa shape index (κ3) is 4.73. The Labute approximate surface area is 116 Å². The second-order valence-corrected chi connectivity index (χ2v) is 4.27. The van der Waals surface area contributed by atoms with Gasteiger partial charge in [0.1, 0.15) is 11.5 Å². The molecule has 1 unspecified atom stereocenters. The first-order valence-corrected chi connectivity index (χ1v) is 6.79. The highest BCUT2D eigenvalue weighted by atomic mass is 16.5. The number of benzene rings is 1. The Morgan fingerprint density at radius 1 is 1.16 bits per heavy atom. The molecule has 1 aromatic carbocycles. The van der Waals surface area contributed by atoms with Crippen LogP contribution in [-0.2, 0) is 4.74 Å². The van der Waals surface area contributed by atoms with Gasteiger partial charge in [-0.3, -0.25) is 0 Å². The molecule has 1 rings (SSSR count). The van der Waals surface area contributed by atoms with Gasteiger partial charge < -0.3 is 19.5 Å². The van der Waals surface area contributed by atoms with Crippen LogP contribution in [0.2, 0.25) is 0 Å². The van der Waals surface area contributed by atoms with E-state index in [0.717, 1.165) is 30.0 Å². The summed E-state index contributed by atoms with van der Waals surface area (Å²) in [6.07, 6.45) is 1.08. The van der Waals surface area contributed by atoms with Crippen molar-refractivity contribution in [3.05, 3.63) is 23.8 Å². The topological polar surface area (TPSA) is 39.7 Å². The zero-order valence-corrected chi connectivity index (χ0v) is 12.4. The normalized spacial score (nSPS) is 12.2. The van der Waals surface area contributed by atoms with Gasteiger partial charge in [-0.25, -0.2) is 0 Å². The summed E-state index contributed by atoms with van der Waals surface area (Å²) in [5.41, 5.74) is 1.07. The van der Waals surface area contributed by atoms with E-state index >= 15 is 0 Å². The largest absolute Gasteiger partial charge is 0.497 e. The number of nitrogens with one attached hydrogen (secondary N) is 1. The molecule has 0 aromatic heterocycles. The highest BCUT2D eigenvalue weighted by Crippen LogP contribution is 2.29. The first-order chi connectivity index (χ1) is 9.26. The minimum atomic E-state index is 0.116. The lowest BCUT2D eigenvalue weighted by molar-refractivity contribution is 0.122. The smallest absolute Gasteiger partial charge is 0.123 e. The predicted octanol–water partition coefficient (Wildman–Crippen LogP) is 2.78. The Kier molecular flexibility index (Phi) is 7.30. The summed E-state index contributed by atoms with van der Waals surface area (Å²) in [7, 11) is 3.35. The van der Waals surface area contributed by atoms with E-state index in [1.165, 1.54) is 0 Å². The van der Waals surface area contributed by atoms with Crippen molar-refractivity contribution < 1.29 is 14.2 Å². The van der Waals surface area contributed by atoms with Crippen LogP contribution >= 0.6 is 0 Å². The summed E-state index contributed by atoms with van der Waals surface area (Å²) >= 11 is 0. The second-order valence-electron chi connectivity index (χ2n) is 4.27. The standard InChI is InChI=1S/C15H25NO3/c1-5-9-16-14(11-19-6-2)13-10-12(17-3)7-8-15(13)18-4/h7-8,10,14,16H,5-6,9,11H2,1-4H3. The van der Waals surface area contributed by atoms with Crippen LogP contribution in [-0.4, -0.2) is 34.0 Å². The molecule has 1 atom stereocenters. The quantitative estimate of drug-likeness (QED) is 0.747. The van der Waals surface area contributed by atoms with Gasteiger partial charge in [-0.1, -0.05) is 6.92 Å². The van der Waals surface area contributed by atoms with E-state index in [1.807, 2.05) is 25.1 Å². The molecule has 108 valence electrons. The predicted molar refractivity (Wildman–Crippen MR) is 77.1 cm³/mol. The maximum Gasteiger partial charge on any atom is 0.123 e. The molecule has 19 heavy (non-hydrogen) atoms. The van der Waals surface area contributed by atoms with Crippen molar-refractivity contribution in [1.29, 1.82) is 0 Å². The van der Waals surface area contributed by atoms with Crippen molar-refractivity contribution >= 4 is 0 Å². The van der Waals surface area contributed by atoms with Crippen LogP contribution in [0.1, 0.15) is 31.9 Å². The molecule has 4 heteroatoms. The fraction of sp³-hybridized carbons (Fsp3) is 0.600. The Bertz CT molecular complexity index is 360. The molecule has 0 bridgehead atoms. The Morgan fingerprint density at radius 2 is 1.95 bits per heavy atom. The first-order valence-electron chi connectivity index (χ1n) is 6.79. The molecule has 0 radical (unpaired) electrons. The van der Waals surface area contributed by atoms with Crippen LogP contribution in [0.3, 0.4) is 0 Å². The van der Waals surface area contributed by atoms with Gasteiger partial charge in [-0.2, -0.15) is 0 Å². The highest BCUT2D eigenvalue weighted by molar-refractivity contribution is 5.42. The van der Waals surface area contributed by atoms with E-state index in [4.69, 9.17) is 14.2 Å². The van der Waals surface area contributed by atoms with Gasteiger partial charge in [-0.15, -0.1) is 0 Å². The van der Waals surface area contributed by atoms with E-state index < -0.39 is 0 Å².